The molecule has 7 nitrogen and oxygen atoms in total. The molecule has 8 heteroatoms. The molecular weight excluding hydrogens is 465 g/mol. The first-order chi connectivity index (χ1) is 16.8. The Bertz CT molecular complexity index is 566. The maximum absolute atomic E-state index is 12.3. The molecule has 0 fully saturated rings. The molecule has 0 aliphatic heterocycles. The predicted octanol–water partition coefficient (Wildman–Crippen LogP) is 6.95. The molecule has 0 rings (SSSR count). The number of phosphoric ester groups is 1. The molecule has 0 aliphatic rings. The summed E-state index contributed by atoms with van der Waals surface area (Å²) >= 11 is 0. The topological polar surface area (TPSA) is 116 Å². The number of carbonyl (C=O) groups excluding carboxylic acids is 1. The van der Waals surface area contributed by atoms with E-state index in [1.54, 1.807) is 6.08 Å². The Morgan fingerprint density at radius 3 is 1.74 bits per heavy atom. The lowest BCUT2D eigenvalue weighted by Gasteiger charge is -2.22. The molecule has 0 saturated carbocycles. The van der Waals surface area contributed by atoms with Crippen LogP contribution in [0.3, 0.4) is 0 Å². The first kappa shape index (κ1) is 34.3. The minimum atomic E-state index is -4.69. The number of amides is 1. The standard InChI is InChI=1S/C27H54NO6P/c1-3-5-7-9-11-13-15-16-18-20-22-26(29)25(24-34-35(31,32)33)28-27(30)23-21-19-17-14-12-10-8-6-4-2/h20,22,25-26,29H,3-19,21,23-24H2,1-2H3,(H,28,30)(H2,31,32,33)/b22-20+/t25-,26+/m0/s1. The second kappa shape index (κ2) is 23.7. The molecule has 208 valence electrons. The second-order valence-corrected chi connectivity index (χ2v) is 11.0. The summed E-state index contributed by atoms with van der Waals surface area (Å²) in [6.07, 6.45) is 23.8. The lowest BCUT2D eigenvalue weighted by molar-refractivity contribution is -0.123. The van der Waals surface area contributed by atoms with E-state index in [0.29, 0.717) is 6.42 Å². The van der Waals surface area contributed by atoms with Crippen molar-refractivity contribution in [2.75, 3.05) is 6.61 Å². The molecule has 0 aromatic carbocycles. The van der Waals surface area contributed by atoms with Gasteiger partial charge < -0.3 is 20.2 Å². The van der Waals surface area contributed by atoms with E-state index in [0.717, 1.165) is 38.5 Å². The van der Waals surface area contributed by atoms with Crippen LogP contribution in [0.5, 0.6) is 0 Å². The number of carbonyl (C=O) groups is 1. The summed E-state index contributed by atoms with van der Waals surface area (Å²) in [6, 6.07) is -0.900. The molecule has 0 spiro atoms. The fraction of sp³-hybridized carbons (Fsp3) is 0.889. The Kier molecular flexibility index (Phi) is 23.2. The number of rotatable bonds is 25. The Balaban J connectivity index is 4.23. The predicted molar refractivity (Wildman–Crippen MR) is 144 cm³/mol. The molecule has 0 radical (unpaired) electrons. The van der Waals surface area contributed by atoms with Gasteiger partial charge in [0.15, 0.2) is 0 Å². The van der Waals surface area contributed by atoms with E-state index < -0.39 is 26.6 Å². The lowest BCUT2D eigenvalue weighted by atomic mass is 10.1. The smallest absolute Gasteiger partial charge is 0.387 e. The summed E-state index contributed by atoms with van der Waals surface area (Å²) in [7, 11) is -4.69. The molecule has 1 amide bonds. The highest BCUT2D eigenvalue weighted by Gasteiger charge is 2.24. The lowest BCUT2D eigenvalue weighted by Crippen LogP contribution is -2.45. The zero-order valence-electron chi connectivity index (χ0n) is 22.5. The molecule has 4 N–H and O–H groups in total. The van der Waals surface area contributed by atoms with Crippen LogP contribution in [0, 0.1) is 0 Å². The van der Waals surface area contributed by atoms with Gasteiger partial charge in [0, 0.05) is 6.42 Å². The molecule has 0 unspecified atom stereocenters. The molecule has 0 heterocycles. The molecular formula is C27H54NO6P. The van der Waals surface area contributed by atoms with Crippen molar-refractivity contribution in [3.8, 4) is 0 Å². The Labute approximate surface area is 214 Å². The first-order valence-electron chi connectivity index (χ1n) is 14.1. The van der Waals surface area contributed by atoms with E-state index >= 15 is 0 Å². The molecule has 0 aromatic heterocycles. The maximum Gasteiger partial charge on any atom is 0.469 e. The monoisotopic (exact) mass is 519 g/mol. The van der Waals surface area contributed by atoms with Crippen molar-refractivity contribution in [2.24, 2.45) is 0 Å². The third-order valence-electron chi connectivity index (χ3n) is 6.25. The average molecular weight is 520 g/mol. The largest absolute Gasteiger partial charge is 0.469 e. The van der Waals surface area contributed by atoms with Crippen LogP contribution in [-0.2, 0) is 13.9 Å². The summed E-state index contributed by atoms with van der Waals surface area (Å²) in [5.74, 6) is -0.234. The van der Waals surface area contributed by atoms with E-state index in [1.165, 1.54) is 77.0 Å². The molecule has 2 atom stereocenters. The Hall–Kier alpha value is -0.720. The summed E-state index contributed by atoms with van der Waals surface area (Å²) < 4.78 is 15.7. The third-order valence-corrected chi connectivity index (χ3v) is 6.73. The van der Waals surface area contributed by atoms with Gasteiger partial charge in [-0.05, 0) is 19.3 Å². The van der Waals surface area contributed by atoms with E-state index in [4.69, 9.17) is 9.79 Å². The number of aliphatic hydroxyl groups excluding tert-OH is 1. The van der Waals surface area contributed by atoms with Crippen molar-refractivity contribution in [1.82, 2.24) is 5.32 Å². The van der Waals surface area contributed by atoms with Gasteiger partial charge in [-0.3, -0.25) is 9.32 Å². The average Bonchev–Trinajstić information content (AvgIpc) is 2.81. The highest BCUT2D eigenvalue weighted by molar-refractivity contribution is 7.46. The van der Waals surface area contributed by atoms with Crippen LogP contribution in [0.15, 0.2) is 12.2 Å². The molecule has 0 saturated heterocycles. The highest BCUT2D eigenvalue weighted by atomic mass is 31.2. The summed E-state index contributed by atoms with van der Waals surface area (Å²) in [4.78, 5) is 30.4. The molecule has 0 bridgehead atoms. The zero-order chi connectivity index (χ0) is 26.2. The van der Waals surface area contributed by atoms with Crippen molar-refractivity contribution in [2.45, 2.75) is 148 Å². The van der Waals surface area contributed by atoms with Crippen LogP contribution >= 0.6 is 7.82 Å². The molecule has 0 aromatic rings. The van der Waals surface area contributed by atoms with Gasteiger partial charge in [-0.25, -0.2) is 4.57 Å². The van der Waals surface area contributed by atoms with Crippen LogP contribution < -0.4 is 5.32 Å². The SMILES string of the molecule is CCCCCCCCCC/C=C/[C@@H](O)[C@H](COP(=O)(O)O)NC(=O)CCCCCCCCCCC. The quantitative estimate of drug-likeness (QED) is 0.0589. The van der Waals surface area contributed by atoms with Gasteiger partial charge in [0.2, 0.25) is 5.91 Å². The minimum Gasteiger partial charge on any atom is -0.387 e. The van der Waals surface area contributed by atoms with Gasteiger partial charge in [0.05, 0.1) is 18.8 Å². The fourth-order valence-corrected chi connectivity index (χ4v) is 4.40. The number of hydrogen-bond donors (Lipinski definition) is 4. The number of unbranched alkanes of at least 4 members (excludes halogenated alkanes) is 16. The van der Waals surface area contributed by atoms with Gasteiger partial charge in [0.1, 0.15) is 0 Å². The van der Waals surface area contributed by atoms with Crippen molar-refractivity contribution in [3.05, 3.63) is 12.2 Å². The number of phosphoric acid groups is 1. The van der Waals surface area contributed by atoms with Crippen LogP contribution in [0.25, 0.3) is 0 Å². The van der Waals surface area contributed by atoms with E-state index in [1.807, 2.05) is 6.08 Å². The minimum absolute atomic E-state index is 0.234. The van der Waals surface area contributed by atoms with Crippen molar-refractivity contribution in [1.29, 1.82) is 0 Å². The summed E-state index contributed by atoms with van der Waals surface area (Å²) in [5.41, 5.74) is 0. The van der Waals surface area contributed by atoms with Gasteiger partial charge in [-0.1, -0.05) is 122 Å². The fourth-order valence-electron chi connectivity index (χ4n) is 4.04. The maximum atomic E-state index is 12.3. The Morgan fingerprint density at radius 1 is 0.800 bits per heavy atom. The molecule has 35 heavy (non-hydrogen) atoms. The van der Waals surface area contributed by atoms with E-state index in [9.17, 15) is 14.5 Å². The third kappa shape index (κ3) is 24.7. The van der Waals surface area contributed by atoms with Crippen LogP contribution in [0.2, 0.25) is 0 Å². The van der Waals surface area contributed by atoms with Crippen LogP contribution in [0.1, 0.15) is 136 Å². The first-order valence-corrected chi connectivity index (χ1v) is 15.7. The van der Waals surface area contributed by atoms with Gasteiger partial charge in [0.25, 0.3) is 0 Å². The number of allylic oxidation sites excluding steroid dienone is 1. The Morgan fingerprint density at radius 2 is 1.26 bits per heavy atom. The number of nitrogens with one attached hydrogen (secondary N) is 1. The van der Waals surface area contributed by atoms with Crippen molar-refractivity contribution in [3.63, 3.8) is 0 Å². The summed E-state index contributed by atoms with van der Waals surface area (Å²) in [5, 5.41) is 13.2. The molecule has 0 aliphatic carbocycles. The van der Waals surface area contributed by atoms with Crippen LogP contribution in [0.4, 0.5) is 0 Å². The van der Waals surface area contributed by atoms with E-state index in [2.05, 4.69) is 23.7 Å². The van der Waals surface area contributed by atoms with Gasteiger partial charge >= 0.3 is 7.82 Å². The summed E-state index contributed by atoms with van der Waals surface area (Å²) in [6.45, 7) is 3.98. The van der Waals surface area contributed by atoms with E-state index in [-0.39, 0.29) is 5.91 Å². The normalized spacial score (nSPS) is 13.9. The zero-order valence-corrected chi connectivity index (χ0v) is 23.4. The van der Waals surface area contributed by atoms with Gasteiger partial charge in [-0.15, -0.1) is 0 Å². The number of aliphatic hydroxyl groups is 1. The second-order valence-electron chi connectivity index (χ2n) is 9.72. The van der Waals surface area contributed by atoms with Gasteiger partial charge in [-0.2, -0.15) is 0 Å². The number of hydrogen-bond acceptors (Lipinski definition) is 4. The highest BCUT2D eigenvalue weighted by Crippen LogP contribution is 2.35. The van der Waals surface area contributed by atoms with Crippen LogP contribution in [-0.4, -0.2) is 39.6 Å². The van der Waals surface area contributed by atoms with Crippen molar-refractivity contribution < 1.29 is 28.8 Å². The van der Waals surface area contributed by atoms with Crippen molar-refractivity contribution >= 4 is 13.7 Å².